The van der Waals surface area contributed by atoms with Crippen LogP contribution in [0.4, 0.5) is 11.9 Å². The van der Waals surface area contributed by atoms with Gasteiger partial charge < -0.3 is 42.7 Å². The largest absolute Gasteiger partial charge is 0.497 e. The molecule has 7 aromatic carbocycles. The summed E-state index contributed by atoms with van der Waals surface area (Å²) in [4.78, 5) is 60.2. The van der Waals surface area contributed by atoms with E-state index in [0.29, 0.717) is 30.1 Å². The molecule has 6 heterocycles. The number of ether oxygens (including phenoxy) is 4. The quantitative estimate of drug-likeness (QED) is 0.0225. The molecule has 108 heavy (non-hydrogen) atoms. The molecule has 2 aliphatic carbocycles. The molecule has 2 saturated carbocycles. The first kappa shape index (κ1) is 76.5. The summed E-state index contributed by atoms with van der Waals surface area (Å²) in [5, 5.41) is 15.9. The van der Waals surface area contributed by atoms with Crippen LogP contribution in [0.15, 0.2) is 232 Å². The molecule has 11 aromatic rings. The number of aliphatic imine (C=N–C) groups is 2. The molecule has 0 amide bonds. The van der Waals surface area contributed by atoms with E-state index in [1.807, 2.05) is 124 Å². The SMILES string of the molecule is CN(C)C=Nc1nc2c(ncn2[C@H]2C[C@@H]3[C@H](O2)[C@H](O)C[C@H]3O[Si](c2ccccc2)(c2ccccc2)C(C)(C)C)c(=O)[nH]1.COc1ccc(C(Cl)(c2ccccc2)c2ccc(OC)cc2)cc1.C[C@@H]1C[C@@H](O[Si](c2ccccc2)(c2ccccc2)C(C)(C)C)[C@@H]2C[C@H](n3cnc4c(=O)[nH]c(N=CN(C)C)nc43)O[C@@H]21. The van der Waals surface area contributed by atoms with Gasteiger partial charge >= 0.3 is 0 Å². The van der Waals surface area contributed by atoms with Crippen molar-refractivity contribution in [3.05, 3.63) is 250 Å². The van der Waals surface area contributed by atoms with E-state index in [9.17, 15) is 14.7 Å². The van der Waals surface area contributed by atoms with E-state index in [2.05, 4.69) is 198 Å². The maximum atomic E-state index is 12.8. The highest BCUT2D eigenvalue weighted by Crippen LogP contribution is 2.52. The number of imidazole rings is 2. The monoisotopic (exact) mass is 1510 g/mol. The Bertz CT molecular complexity index is 4650. The third-order valence-corrected chi connectivity index (χ3v) is 32.1. The summed E-state index contributed by atoms with van der Waals surface area (Å²) in [6, 6.07) is 68.5. The molecule has 2 saturated heterocycles. The van der Waals surface area contributed by atoms with Gasteiger partial charge in [0.15, 0.2) is 22.3 Å². The number of alkyl halides is 1. The molecular weight excluding hydrogens is 1410 g/mol. The minimum Gasteiger partial charge on any atom is -0.497 e. The van der Waals surface area contributed by atoms with Gasteiger partial charge in [0.25, 0.3) is 27.8 Å². The van der Waals surface area contributed by atoms with Gasteiger partial charge in [0.1, 0.15) is 28.8 Å². The van der Waals surface area contributed by atoms with Gasteiger partial charge in [-0.15, -0.1) is 11.6 Å². The van der Waals surface area contributed by atoms with Gasteiger partial charge in [0.05, 0.1) is 70.1 Å². The molecule has 0 bridgehead atoms. The van der Waals surface area contributed by atoms with Gasteiger partial charge in [0, 0.05) is 59.3 Å². The Labute approximate surface area is 637 Å². The van der Waals surface area contributed by atoms with Gasteiger partial charge in [-0.2, -0.15) is 9.97 Å². The average molecular weight is 1510 g/mol. The zero-order valence-electron chi connectivity index (χ0n) is 63.5. The standard InChI is InChI=1S/C32H40N6O3Si.C31H38N6O4Si.C21H19ClO2/c1-21-17-25(41-42(32(2,3)4,22-13-9-7-10-14-22)23-15-11-8-12-16-23)24-18-26(40-28(21)24)38-20-33-27-29(38)35-31(36-30(27)39)34-19-37(5)6;1-31(2,3)42(20-12-8-6-9-13-20,21-14-10-7-11-15-21)41-24-17-23(38)27-22(24)16-25(40-27)37-19-32-26-28(37)34-30(35-29(26)39)33-18-36(4)5;1-23-19-12-8-17(9-13-19)21(22,16-6-4-3-5-7-16)18-10-14-20(24-2)15-11-18/h7-16,19-21,24-26,28H,17-18H2,1-6H3,(H,35,36,39);6-15,18-19,22-25,27,38H,16-17H2,1-5H3,(H,34,35,39);3-15H,1-2H3/t21-,24+,25-,26-,28-;22-,23+,24+,25+,27-;/m10./s1. The lowest BCUT2D eigenvalue weighted by atomic mass is 9.84. The van der Waals surface area contributed by atoms with Crippen LogP contribution in [0.2, 0.25) is 10.1 Å². The van der Waals surface area contributed by atoms with Crippen LogP contribution in [0.1, 0.15) is 103 Å². The van der Waals surface area contributed by atoms with E-state index in [1.165, 1.54) is 20.7 Å². The van der Waals surface area contributed by atoms with E-state index in [1.54, 1.807) is 53.9 Å². The molecule has 2 aliphatic heterocycles. The lowest BCUT2D eigenvalue weighted by Gasteiger charge is -2.45. The molecule has 4 aliphatic rings. The van der Waals surface area contributed by atoms with Crippen LogP contribution in [-0.4, -0.2) is 156 Å². The molecule has 4 fully saturated rings. The van der Waals surface area contributed by atoms with Crippen molar-refractivity contribution in [3.63, 3.8) is 0 Å². The molecule has 10 atom stereocenters. The highest BCUT2D eigenvalue weighted by atomic mass is 35.5. The summed E-state index contributed by atoms with van der Waals surface area (Å²) in [6.45, 7) is 16.0. The zero-order chi connectivity index (χ0) is 76.3. The van der Waals surface area contributed by atoms with Crippen molar-refractivity contribution in [3.8, 4) is 11.5 Å². The molecule has 21 nitrogen and oxygen atoms in total. The fourth-order valence-corrected chi connectivity index (χ4v) is 26.1. The number of fused-ring (bicyclic) bond motifs is 4. The first-order valence-electron chi connectivity index (χ1n) is 36.8. The third kappa shape index (κ3) is 15.1. The van der Waals surface area contributed by atoms with E-state index in [-0.39, 0.29) is 80.5 Å². The van der Waals surface area contributed by atoms with Crippen molar-refractivity contribution in [1.29, 1.82) is 0 Å². The van der Waals surface area contributed by atoms with Crippen LogP contribution in [0.5, 0.6) is 11.5 Å². The highest BCUT2D eigenvalue weighted by Gasteiger charge is 2.59. The summed E-state index contributed by atoms with van der Waals surface area (Å²) in [5.74, 6) is 2.53. The lowest BCUT2D eigenvalue weighted by Crippen LogP contribution is -2.68. The topological polar surface area (TPSA) is 234 Å². The highest BCUT2D eigenvalue weighted by molar-refractivity contribution is 7.00. The Balaban J connectivity index is 0.000000149. The fraction of sp³-hybridized carbons (Fsp3) is 0.357. The van der Waals surface area contributed by atoms with E-state index in [4.69, 9.17) is 39.4 Å². The second kappa shape index (κ2) is 31.9. The van der Waals surface area contributed by atoms with Crippen LogP contribution < -0.4 is 41.3 Å². The van der Waals surface area contributed by atoms with Crippen LogP contribution >= 0.6 is 11.6 Å². The maximum absolute atomic E-state index is 12.8. The summed E-state index contributed by atoms with van der Waals surface area (Å²) in [5.41, 5.74) is 3.69. The Morgan fingerprint density at radius 3 is 1.21 bits per heavy atom. The van der Waals surface area contributed by atoms with Crippen molar-refractivity contribution in [2.75, 3.05) is 42.4 Å². The Morgan fingerprint density at radius 1 is 0.509 bits per heavy atom. The van der Waals surface area contributed by atoms with Crippen molar-refractivity contribution >= 4 is 95.9 Å². The number of H-pyrrole nitrogens is 2. The number of halogens is 1. The number of nitrogens with zero attached hydrogens (tertiary/aromatic N) is 10. The molecule has 0 unspecified atom stereocenters. The predicted octanol–water partition coefficient (Wildman–Crippen LogP) is 12.4. The first-order chi connectivity index (χ1) is 51.8. The molecule has 3 N–H and O–H groups in total. The van der Waals surface area contributed by atoms with E-state index in [0.717, 1.165) is 41.0 Å². The lowest BCUT2D eigenvalue weighted by molar-refractivity contribution is -0.0525. The Morgan fingerprint density at radius 2 is 0.852 bits per heavy atom. The number of hydrogen-bond acceptors (Lipinski definition) is 15. The molecule has 15 rings (SSSR count). The number of methoxy groups -OCH3 is 2. The average Bonchev–Trinajstić information content (AvgIpc) is 1.32. The number of nitrogens with one attached hydrogen (secondary N) is 2. The van der Waals surface area contributed by atoms with Crippen LogP contribution in [0.25, 0.3) is 22.3 Å². The number of aliphatic hydroxyl groups is 1. The van der Waals surface area contributed by atoms with E-state index >= 15 is 0 Å². The number of benzene rings is 7. The molecule has 4 aromatic heterocycles. The second-order valence-electron chi connectivity index (χ2n) is 30.9. The normalized spacial score (nSPS) is 21.5. The minimum absolute atomic E-state index is 0.0349. The van der Waals surface area contributed by atoms with Crippen LogP contribution in [0, 0.1) is 17.8 Å². The number of aromatic amines is 2. The molecule has 0 spiro atoms. The molecule has 0 radical (unpaired) electrons. The van der Waals surface area contributed by atoms with Crippen LogP contribution in [-0.2, 0) is 23.2 Å². The van der Waals surface area contributed by atoms with E-state index < -0.39 is 39.9 Å². The fourth-order valence-electron chi connectivity index (χ4n) is 16.3. The molecule has 562 valence electrons. The molecular formula is C84H97ClN12O9Si2. The van der Waals surface area contributed by atoms with Crippen molar-refractivity contribution in [2.24, 2.45) is 27.7 Å². The third-order valence-electron chi connectivity index (χ3n) is 21.3. The van der Waals surface area contributed by atoms with Crippen LogP contribution in [0.3, 0.4) is 0 Å². The Hall–Kier alpha value is -9.70. The summed E-state index contributed by atoms with van der Waals surface area (Å²) >= 11 is 7.22. The number of rotatable bonds is 19. The van der Waals surface area contributed by atoms with Crippen molar-refractivity contribution in [1.82, 2.24) is 48.8 Å². The van der Waals surface area contributed by atoms with Gasteiger partial charge in [-0.1, -0.05) is 224 Å². The van der Waals surface area contributed by atoms with Gasteiger partial charge in [-0.3, -0.25) is 28.7 Å². The predicted molar refractivity (Wildman–Crippen MR) is 432 cm³/mol. The molecule has 24 heteroatoms. The number of hydrogen-bond donors (Lipinski definition) is 3. The summed E-state index contributed by atoms with van der Waals surface area (Å²) in [6.07, 6.45) is 7.28. The first-order valence-corrected chi connectivity index (χ1v) is 41.0. The van der Waals surface area contributed by atoms with Crippen molar-refractivity contribution in [2.45, 2.75) is 132 Å². The smallest absolute Gasteiger partial charge is 0.280 e. The minimum atomic E-state index is -2.83. The van der Waals surface area contributed by atoms with Gasteiger partial charge in [-0.25, -0.2) is 20.0 Å². The zero-order valence-corrected chi connectivity index (χ0v) is 66.3. The van der Waals surface area contributed by atoms with Gasteiger partial charge in [0.2, 0.25) is 11.9 Å². The maximum Gasteiger partial charge on any atom is 0.280 e. The van der Waals surface area contributed by atoms with Gasteiger partial charge in [-0.05, 0) is 84.1 Å². The second-order valence-corrected chi connectivity index (χ2v) is 40.0. The Kier molecular flexibility index (Phi) is 22.6. The summed E-state index contributed by atoms with van der Waals surface area (Å²) in [7, 11) is 5.16. The number of aromatic nitrogens is 8. The number of aliphatic hydroxyl groups excluding tert-OH is 1. The summed E-state index contributed by atoms with van der Waals surface area (Å²) < 4.78 is 42.5. The van der Waals surface area contributed by atoms with Crippen molar-refractivity contribution < 1.29 is 32.9 Å².